The number of benzene rings is 1. The van der Waals surface area contributed by atoms with Crippen LogP contribution < -0.4 is 10.2 Å². The number of carbonyl (C=O) groups is 1. The van der Waals surface area contributed by atoms with Crippen LogP contribution in [0.1, 0.15) is 31.4 Å². The van der Waals surface area contributed by atoms with Gasteiger partial charge in [-0.3, -0.25) is 10.0 Å². The molecule has 7 nitrogen and oxygen atoms in total. The van der Waals surface area contributed by atoms with Crippen molar-refractivity contribution in [2.75, 3.05) is 19.8 Å². The van der Waals surface area contributed by atoms with Crippen molar-refractivity contribution in [3.8, 4) is 5.75 Å². The number of allylic oxidation sites excluding steroid dienone is 1. The first kappa shape index (κ1) is 20.1. The first-order valence-electron chi connectivity index (χ1n) is 7.86. The number of carbonyl (C=O) groups excluding carboxylic acids is 1. The normalized spacial score (nSPS) is 13.7. The molecule has 134 valence electrons. The predicted octanol–water partition coefficient (Wildman–Crippen LogP) is 1.34. The van der Waals surface area contributed by atoms with Crippen LogP contribution in [0.15, 0.2) is 36.4 Å². The Bertz CT molecular complexity index is 520. The van der Waals surface area contributed by atoms with Gasteiger partial charge in [-0.05, 0) is 37.5 Å². The number of hydrogen-bond donors (Lipinski definition) is 4. The van der Waals surface area contributed by atoms with E-state index in [9.17, 15) is 9.90 Å². The lowest BCUT2D eigenvalue weighted by molar-refractivity contribution is -0.124. The van der Waals surface area contributed by atoms with Gasteiger partial charge in [-0.15, -0.1) is 0 Å². The lowest BCUT2D eigenvalue weighted by Gasteiger charge is -2.23. The molecule has 7 heteroatoms. The molecule has 0 radical (unpaired) electrons. The van der Waals surface area contributed by atoms with E-state index in [2.05, 4.69) is 0 Å². The Balaban J connectivity index is 2.69. The van der Waals surface area contributed by atoms with Crippen LogP contribution in [0.2, 0.25) is 0 Å². The Labute approximate surface area is 141 Å². The molecule has 0 bridgehead atoms. The van der Waals surface area contributed by atoms with E-state index in [1.54, 1.807) is 30.3 Å². The first-order valence-corrected chi connectivity index (χ1v) is 7.86. The number of hydroxylamine groups is 1. The Kier molecular flexibility index (Phi) is 9.71. The third-order valence-corrected chi connectivity index (χ3v) is 3.29. The molecule has 1 aromatic carbocycles. The smallest absolute Gasteiger partial charge is 0.267 e. The molecule has 1 amide bonds. The molecule has 4 N–H and O–H groups in total. The summed E-state index contributed by atoms with van der Waals surface area (Å²) in [5.41, 5.74) is 2.17. The van der Waals surface area contributed by atoms with E-state index in [0.29, 0.717) is 30.8 Å². The molecule has 0 spiro atoms. The van der Waals surface area contributed by atoms with E-state index in [-0.39, 0.29) is 13.2 Å². The van der Waals surface area contributed by atoms with Crippen molar-refractivity contribution in [2.24, 2.45) is 0 Å². The first-order chi connectivity index (χ1) is 11.6. The fraction of sp³-hybridized carbons (Fsp3) is 0.471. The summed E-state index contributed by atoms with van der Waals surface area (Å²) in [5.74, 6) is -0.0346. The predicted molar refractivity (Wildman–Crippen MR) is 87.7 cm³/mol. The van der Waals surface area contributed by atoms with E-state index < -0.39 is 18.1 Å². The molecule has 0 saturated carbocycles. The van der Waals surface area contributed by atoms with Crippen molar-refractivity contribution in [3.63, 3.8) is 0 Å². The highest BCUT2D eigenvalue weighted by atomic mass is 16.5. The van der Waals surface area contributed by atoms with Gasteiger partial charge in [0.25, 0.3) is 5.91 Å². The zero-order valence-corrected chi connectivity index (χ0v) is 13.7. The molecule has 0 aromatic heterocycles. The van der Waals surface area contributed by atoms with Crippen molar-refractivity contribution >= 4 is 5.91 Å². The maximum Gasteiger partial charge on any atom is 0.267 e. The highest BCUT2D eigenvalue weighted by Gasteiger charge is 2.21. The second-order valence-corrected chi connectivity index (χ2v) is 5.04. The SMILES string of the molecule is CCO[C@@H](CC/C=C/C(=O)NO)[C@@H](O)c1cccc(OCCO)c1. The molecule has 0 aliphatic carbocycles. The van der Waals surface area contributed by atoms with Crippen molar-refractivity contribution in [1.82, 2.24) is 5.48 Å². The molecule has 1 aromatic rings. The topological polar surface area (TPSA) is 108 Å². The van der Waals surface area contributed by atoms with Gasteiger partial charge in [-0.25, -0.2) is 5.48 Å². The Hall–Kier alpha value is -1.93. The number of amides is 1. The number of rotatable bonds is 11. The molecule has 0 unspecified atom stereocenters. The van der Waals surface area contributed by atoms with E-state index in [4.69, 9.17) is 19.8 Å². The summed E-state index contributed by atoms with van der Waals surface area (Å²) in [6.45, 7) is 2.40. The van der Waals surface area contributed by atoms with Crippen LogP contribution in [0.3, 0.4) is 0 Å². The minimum Gasteiger partial charge on any atom is -0.491 e. The van der Waals surface area contributed by atoms with Gasteiger partial charge in [-0.2, -0.15) is 0 Å². The summed E-state index contributed by atoms with van der Waals surface area (Å²) in [4.78, 5) is 10.9. The fourth-order valence-electron chi connectivity index (χ4n) is 2.20. The summed E-state index contributed by atoms with van der Waals surface area (Å²) in [5, 5.41) is 27.7. The van der Waals surface area contributed by atoms with Gasteiger partial charge in [0.2, 0.25) is 0 Å². The van der Waals surface area contributed by atoms with Gasteiger partial charge in [0.15, 0.2) is 0 Å². The molecule has 0 aliphatic heterocycles. The largest absolute Gasteiger partial charge is 0.491 e. The average molecular weight is 339 g/mol. The highest BCUT2D eigenvalue weighted by molar-refractivity contribution is 5.86. The Morgan fingerprint density at radius 2 is 2.21 bits per heavy atom. The molecular weight excluding hydrogens is 314 g/mol. The van der Waals surface area contributed by atoms with Crippen LogP contribution in [-0.4, -0.2) is 47.3 Å². The van der Waals surface area contributed by atoms with Crippen LogP contribution in [-0.2, 0) is 9.53 Å². The third-order valence-electron chi connectivity index (χ3n) is 3.29. The standard InChI is InChI=1S/C17H25NO6/c1-2-23-15(8-3-4-9-16(20)18-22)17(21)13-6-5-7-14(12-13)24-11-10-19/h4-7,9,12,15,17,19,21-22H,2-3,8,10-11H2,1H3,(H,18,20)/b9-4+/t15-,17-/m0/s1. The monoisotopic (exact) mass is 339 g/mol. The van der Waals surface area contributed by atoms with Crippen LogP contribution in [0.5, 0.6) is 5.75 Å². The maximum atomic E-state index is 10.9. The van der Waals surface area contributed by atoms with Gasteiger partial charge in [0, 0.05) is 12.7 Å². The van der Waals surface area contributed by atoms with Gasteiger partial charge >= 0.3 is 0 Å². The van der Waals surface area contributed by atoms with Crippen LogP contribution in [0.4, 0.5) is 0 Å². The van der Waals surface area contributed by atoms with Gasteiger partial charge in [0.05, 0.1) is 12.7 Å². The van der Waals surface area contributed by atoms with Crippen LogP contribution in [0, 0.1) is 0 Å². The Morgan fingerprint density at radius 3 is 2.88 bits per heavy atom. The fourth-order valence-corrected chi connectivity index (χ4v) is 2.20. The van der Waals surface area contributed by atoms with Crippen molar-refractivity contribution in [3.05, 3.63) is 42.0 Å². The molecule has 2 atom stereocenters. The van der Waals surface area contributed by atoms with Gasteiger partial charge < -0.3 is 19.7 Å². The van der Waals surface area contributed by atoms with Gasteiger partial charge in [0.1, 0.15) is 18.5 Å². The molecule has 0 fully saturated rings. The summed E-state index contributed by atoms with van der Waals surface area (Å²) in [7, 11) is 0. The number of aliphatic hydroxyl groups is 2. The van der Waals surface area contributed by atoms with E-state index in [1.165, 1.54) is 11.6 Å². The number of hydrogen-bond acceptors (Lipinski definition) is 6. The average Bonchev–Trinajstić information content (AvgIpc) is 2.61. The minimum atomic E-state index is -0.845. The second kappa shape index (κ2) is 11.6. The number of aliphatic hydroxyl groups excluding tert-OH is 2. The summed E-state index contributed by atoms with van der Waals surface area (Å²) in [6.07, 6.45) is 2.55. The van der Waals surface area contributed by atoms with E-state index >= 15 is 0 Å². The van der Waals surface area contributed by atoms with E-state index in [0.717, 1.165) is 0 Å². The molecule has 1 rings (SSSR count). The second-order valence-electron chi connectivity index (χ2n) is 5.04. The van der Waals surface area contributed by atoms with Crippen molar-refractivity contribution in [2.45, 2.75) is 32.0 Å². The molecule has 0 saturated heterocycles. The zero-order chi connectivity index (χ0) is 17.8. The zero-order valence-electron chi connectivity index (χ0n) is 13.7. The molecule has 0 aliphatic rings. The van der Waals surface area contributed by atoms with Crippen molar-refractivity contribution in [1.29, 1.82) is 0 Å². The summed E-state index contributed by atoms with van der Waals surface area (Å²) in [6, 6.07) is 7.00. The van der Waals surface area contributed by atoms with Crippen molar-refractivity contribution < 1.29 is 29.7 Å². The Morgan fingerprint density at radius 1 is 1.42 bits per heavy atom. The summed E-state index contributed by atoms with van der Waals surface area (Å²) >= 11 is 0. The quantitative estimate of drug-likeness (QED) is 0.275. The molecule has 0 heterocycles. The van der Waals surface area contributed by atoms with Crippen LogP contribution >= 0.6 is 0 Å². The number of ether oxygens (including phenoxy) is 2. The third kappa shape index (κ3) is 7.10. The van der Waals surface area contributed by atoms with E-state index in [1.807, 2.05) is 6.92 Å². The maximum absolute atomic E-state index is 10.9. The molecule has 24 heavy (non-hydrogen) atoms. The summed E-state index contributed by atoms with van der Waals surface area (Å²) < 4.78 is 10.9. The van der Waals surface area contributed by atoms with Crippen LogP contribution in [0.25, 0.3) is 0 Å². The lowest BCUT2D eigenvalue weighted by Crippen LogP contribution is -2.22. The van der Waals surface area contributed by atoms with Gasteiger partial charge in [-0.1, -0.05) is 18.2 Å². The molecular formula is C17H25NO6. The lowest BCUT2D eigenvalue weighted by atomic mass is 10.00. The number of nitrogens with one attached hydrogen (secondary N) is 1. The minimum absolute atomic E-state index is 0.0812. The highest BCUT2D eigenvalue weighted by Crippen LogP contribution is 2.26.